The Morgan fingerprint density at radius 1 is 1.50 bits per heavy atom. The van der Waals surface area contributed by atoms with Crippen LogP contribution in [-0.2, 0) is 0 Å². The van der Waals surface area contributed by atoms with Crippen LogP contribution in [0, 0.1) is 0 Å². The largest absolute Gasteiger partial charge is 0.310 e. The summed E-state index contributed by atoms with van der Waals surface area (Å²) in [6.45, 7) is 0. The van der Waals surface area contributed by atoms with Crippen LogP contribution < -0.4 is 11.5 Å². The second kappa shape index (κ2) is 1.69. The van der Waals surface area contributed by atoms with Crippen LogP contribution in [-0.4, -0.2) is 11.9 Å². The molecule has 3 heteroatoms. The first-order valence-electron chi connectivity index (χ1n) is 2.48. The molecule has 0 aromatic rings. The van der Waals surface area contributed by atoms with E-state index in [-0.39, 0.29) is 0 Å². The molecule has 1 aliphatic heterocycles. The van der Waals surface area contributed by atoms with Crippen LogP contribution in [0.4, 0.5) is 0 Å². The van der Waals surface area contributed by atoms with Crippen molar-refractivity contribution in [2.75, 3.05) is 0 Å². The number of aliphatic imine (C=N–C) groups is 1. The molecule has 0 amide bonds. The van der Waals surface area contributed by atoms with Gasteiger partial charge in [-0.15, -0.1) is 0 Å². The molecule has 0 spiro atoms. The first-order valence-corrected chi connectivity index (χ1v) is 2.48. The van der Waals surface area contributed by atoms with Crippen LogP contribution in [0.3, 0.4) is 0 Å². The highest BCUT2D eigenvalue weighted by atomic mass is 15.0. The SMILES string of the molecule is NC1(N)C=CN=CC1. The van der Waals surface area contributed by atoms with Crippen molar-refractivity contribution in [2.45, 2.75) is 12.1 Å². The lowest BCUT2D eigenvalue weighted by atomic mass is 10.1. The molecule has 1 heterocycles. The Balaban J connectivity index is 2.65. The lowest BCUT2D eigenvalue weighted by molar-refractivity contribution is 0.576. The normalized spacial score (nSPS) is 23.8. The molecule has 1 rings (SSSR count). The van der Waals surface area contributed by atoms with Crippen LogP contribution in [0.25, 0.3) is 0 Å². The molecule has 44 valence electrons. The number of hydrogen-bond donors (Lipinski definition) is 2. The molecular formula is C5H9N3. The highest BCUT2D eigenvalue weighted by Gasteiger charge is 2.13. The molecule has 0 radical (unpaired) electrons. The molecule has 0 atom stereocenters. The van der Waals surface area contributed by atoms with Crippen molar-refractivity contribution in [2.24, 2.45) is 16.5 Å². The van der Waals surface area contributed by atoms with Gasteiger partial charge in [-0.05, 0) is 6.08 Å². The summed E-state index contributed by atoms with van der Waals surface area (Å²) in [7, 11) is 0. The van der Waals surface area contributed by atoms with E-state index in [0.717, 1.165) is 0 Å². The van der Waals surface area contributed by atoms with Gasteiger partial charge in [0.15, 0.2) is 0 Å². The van der Waals surface area contributed by atoms with Gasteiger partial charge in [-0.3, -0.25) is 4.99 Å². The molecule has 0 unspecified atom stereocenters. The summed E-state index contributed by atoms with van der Waals surface area (Å²) < 4.78 is 0. The monoisotopic (exact) mass is 111 g/mol. The molecule has 1 aliphatic rings. The van der Waals surface area contributed by atoms with Crippen LogP contribution in [0.2, 0.25) is 0 Å². The third-order valence-corrected chi connectivity index (χ3v) is 1.02. The molecular weight excluding hydrogens is 102 g/mol. The van der Waals surface area contributed by atoms with E-state index in [1.807, 2.05) is 0 Å². The van der Waals surface area contributed by atoms with Gasteiger partial charge in [0, 0.05) is 18.8 Å². The van der Waals surface area contributed by atoms with Crippen molar-refractivity contribution < 1.29 is 0 Å². The molecule has 0 aromatic carbocycles. The standard InChI is InChI=1S/C5H9N3/c6-5(7)1-3-8-4-2-5/h1,3-4H,2,6-7H2. The predicted octanol–water partition coefficient (Wildman–Crippen LogP) is -0.412. The van der Waals surface area contributed by atoms with Gasteiger partial charge in [0.25, 0.3) is 0 Å². The van der Waals surface area contributed by atoms with Crippen molar-refractivity contribution >= 4 is 6.21 Å². The van der Waals surface area contributed by atoms with Crippen molar-refractivity contribution in [1.29, 1.82) is 0 Å². The maximum atomic E-state index is 5.48. The minimum Gasteiger partial charge on any atom is -0.310 e. The molecule has 0 aromatic heterocycles. The van der Waals surface area contributed by atoms with E-state index >= 15 is 0 Å². The summed E-state index contributed by atoms with van der Waals surface area (Å²) in [5.41, 5.74) is 10.3. The molecule has 0 fully saturated rings. The zero-order chi connectivity index (χ0) is 6.04. The summed E-state index contributed by atoms with van der Waals surface area (Å²) in [6.07, 6.45) is 5.64. The zero-order valence-electron chi connectivity index (χ0n) is 4.54. The maximum Gasteiger partial charge on any atom is 0.0896 e. The van der Waals surface area contributed by atoms with Crippen molar-refractivity contribution in [3.63, 3.8) is 0 Å². The molecule has 0 saturated heterocycles. The van der Waals surface area contributed by atoms with Gasteiger partial charge < -0.3 is 11.5 Å². The summed E-state index contributed by atoms with van der Waals surface area (Å²) in [5.74, 6) is 0. The molecule has 3 nitrogen and oxygen atoms in total. The predicted molar refractivity (Wildman–Crippen MR) is 33.4 cm³/mol. The van der Waals surface area contributed by atoms with Gasteiger partial charge in [0.2, 0.25) is 0 Å². The number of nitrogens with two attached hydrogens (primary N) is 2. The minimum atomic E-state index is -0.651. The van der Waals surface area contributed by atoms with Gasteiger partial charge in [0.1, 0.15) is 0 Å². The molecule has 0 aliphatic carbocycles. The Hall–Kier alpha value is -0.670. The van der Waals surface area contributed by atoms with Gasteiger partial charge in [-0.25, -0.2) is 0 Å². The second-order valence-electron chi connectivity index (χ2n) is 1.96. The van der Waals surface area contributed by atoms with E-state index in [1.165, 1.54) is 0 Å². The second-order valence-corrected chi connectivity index (χ2v) is 1.96. The van der Waals surface area contributed by atoms with Crippen LogP contribution in [0.15, 0.2) is 17.3 Å². The maximum absolute atomic E-state index is 5.48. The van der Waals surface area contributed by atoms with Crippen molar-refractivity contribution in [3.8, 4) is 0 Å². The Morgan fingerprint density at radius 3 is 2.50 bits per heavy atom. The van der Waals surface area contributed by atoms with E-state index in [1.54, 1.807) is 18.5 Å². The highest BCUT2D eigenvalue weighted by Crippen LogP contribution is 2.02. The minimum absolute atomic E-state index is 0.628. The van der Waals surface area contributed by atoms with E-state index in [4.69, 9.17) is 11.5 Å². The summed E-state index contributed by atoms with van der Waals surface area (Å²) in [4.78, 5) is 3.81. The van der Waals surface area contributed by atoms with Crippen LogP contribution in [0.1, 0.15) is 6.42 Å². The summed E-state index contributed by atoms with van der Waals surface area (Å²) >= 11 is 0. The first kappa shape index (κ1) is 5.47. The summed E-state index contributed by atoms with van der Waals surface area (Å²) in [5, 5.41) is 0. The first-order chi connectivity index (χ1) is 3.71. The van der Waals surface area contributed by atoms with Crippen LogP contribution in [0.5, 0.6) is 0 Å². The van der Waals surface area contributed by atoms with Gasteiger partial charge in [-0.1, -0.05) is 0 Å². The molecule has 8 heavy (non-hydrogen) atoms. The third kappa shape index (κ3) is 1.15. The zero-order valence-corrected chi connectivity index (χ0v) is 4.54. The highest BCUT2D eigenvalue weighted by molar-refractivity contribution is 5.62. The smallest absolute Gasteiger partial charge is 0.0896 e. The van der Waals surface area contributed by atoms with Gasteiger partial charge in [0.05, 0.1) is 5.66 Å². The topological polar surface area (TPSA) is 64.4 Å². The van der Waals surface area contributed by atoms with E-state index in [9.17, 15) is 0 Å². The number of rotatable bonds is 0. The third-order valence-electron chi connectivity index (χ3n) is 1.02. The fraction of sp³-hybridized carbons (Fsp3) is 0.400. The quantitative estimate of drug-likeness (QED) is 0.417. The Kier molecular flexibility index (Phi) is 1.15. The molecule has 0 bridgehead atoms. The average molecular weight is 111 g/mol. The van der Waals surface area contributed by atoms with Crippen molar-refractivity contribution in [3.05, 3.63) is 12.3 Å². The van der Waals surface area contributed by atoms with E-state index in [0.29, 0.717) is 6.42 Å². The van der Waals surface area contributed by atoms with Crippen molar-refractivity contribution in [1.82, 2.24) is 0 Å². The fourth-order valence-electron chi connectivity index (χ4n) is 0.522. The van der Waals surface area contributed by atoms with Gasteiger partial charge in [-0.2, -0.15) is 0 Å². The average Bonchev–Trinajstić information content (AvgIpc) is 1.65. The number of nitrogens with zero attached hydrogens (tertiary/aromatic N) is 1. The molecule has 0 saturated carbocycles. The fourth-order valence-corrected chi connectivity index (χ4v) is 0.522. The Morgan fingerprint density at radius 2 is 2.25 bits per heavy atom. The van der Waals surface area contributed by atoms with E-state index < -0.39 is 5.66 Å². The molecule has 4 N–H and O–H groups in total. The van der Waals surface area contributed by atoms with E-state index in [2.05, 4.69) is 4.99 Å². The Labute approximate surface area is 48.1 Å². The van der Waals surface area contributed by atoms with Gasteiger partial charge >= 0.3 is 0 Å². The summed E-state index contributed by atoms with van der Waals surface area (Å²) in [6, 6.07) is 0. The lowest BCUT2D eigenvalue weighted by Gasteiger charge is -2.18. The lowest BCUT2D eigenvalue weighted by Crippen LogP contribution is -2.48. The number of hydrogen-bond acceptors (Lipinski definition) is 3. The Bertz CT molecular complexity index is 135. The van der Waals surface area contributed by atoms with Crippen LogP contribution >= 0.6 is 0 Å².